The van der Waals surface area contributed by atoms with Crippen molar-refractivity contribution in [1.29, 1.82) is 0 Å². The van der Waals surface area contributed by atoms with Crippen LogP contribution in [0.4, 0.5) is 20.2 Å². The Bertz CT molecular complexity index is 704. The summed E-state index contributed by atoms with van der Waals surface area (Å²) in [5.41, 5.74) is 3.94. The lowest BCUT2D eigenvalue weighted by Gasteiger charge is -2.30. The summed E-state index contributed by atoms with van der Waals surface area (Å²) in [5.74, 6) is -2.65. The van der Waals surface area contributed by atoms with Gasteiger partial charge in [-0.25, -0.2) is 8.78 Å². The molecular formula is C17H21BrF2N4O2. The van der Waals surface area contributed by atoms with Crippen molar-refractivity contribution in [1.82, 2.24) is 5.32 Å². The van der Waals surface area contributed by atoms with Gasteiger partial charge in [0, 0.05) is 29.8 Å². The number of carbonyl (C=O) groups excluding carboxylic acids is 1. The Morgan fingerprint density at radius 3 is 2.65 bits per heavy atom. The first-order valence-corrected chi connectivity index (χ1v) is 9.41. The van der Waals surface area contributed by atoms with Gasteiger partial charge in [-0.3, -0.25) is 4.79 Å². The molecule has 0 spiro atoms. The van der Waals surface area contributed by atoms with Gasteiger partial charge in [0.15, 0.2) is 0 Å². The fourth-order valence-corrected chi connectivity index (χ4v) is 3.57. The van der Waals surface area contributed by atoms with Crippen molar-refractivity contribution in [2.24, 2.45) is 0 Å². The van der Waals surface area contributed by atoms with Crippen LogP contribution in [0.2, 0.25) is 0 Å². The summed E-state index contributed by atoms with van der Waals surface area (Å²) in [4.78, 5) is 11.8. The van der Waals surface area contributed by atoms with Crippen LogP contribution in [0, 0.1) is 5.21 Å². The molecule has 1 unspecified atom stereocenters. The van der Waals surface area contributed by atoms with Crippen molar-refractivity contribution in [2.45, 2.75) is 56.5 Å². The lowest BCUT2D eigenvalue weighted by Crippen LogP contribution is -2.33. The molecule has 1 aliphatic heterocycles. The van der Waals surface area contributed by atoms with Crippen LogP contribution in [0.1, 0.15) is 38.5 Å². The summed E-state index contributed by atoms with van der Waals surface area (Å²) in [6, 6.07) is 5.00. The van der Waals surface area contributed by atoms with Gasteiger partial charge in [-0.15, -0.1) is 0 Å². The Labute approximate surface area is 158 Å². The maximum Gasteiger partial charge on any atom is 0.248 e. The molecule has 1 aromatic rings. The van der Waals surface area contributed by atoms with Gasteiger partial charge in [0.2, 0.25) is 18.0 Å². The van der Waals surface area contributed by atoms with Crippen molar-refractivity contribution in [3.05, 3.63) is 27.9 Å². The van der Waals surface area contributed by atoms with Gasteiger partial charge < -0.3 is 15.8 Å². The van der Waals surface area contributed by atoms with E-state index in [-0.39, 0.29) is 30.8 Å². The molecule has 1 aromatic carbocycles. The standard InChI is InChI=1S/C17H21BrF2N4O2/c18-11-1-3-14(21-12-5-7-17(19,20)8-6-12)15(9-11)23-24(26)10-13-2-4-16(25)22-13/h1,3,9-10,12-13,21,23H,2,4-8H2,(H,22,25)/b24-10-. The number of amides is 1. The van der Waals surface area contributed by atoms with Crippen LogP contribution in [0.3, 0.4) is 0 Å². The number of hydrogen-bond acceptors (Lipinski definition) is 4. The van der Waals surface area contributed by atoms with E-state index in [2.05, 4.69) is 32.0 Å². The van der Waals surface area contributed by atoms with Crippen LogP contribution in [0.25, 0.3) is 0 Å². The van der Waals surface area contributed by atoms with Crippen LogP contribution in [-0.2, 0) is 4.79 Å². The molecule has 1 amide bonds. The highest BCUT2D eigenvalue weighted by Gasteiger charge is 2.35. The molecule has 2 aliphatic rings. The van der Waals surface area contributed by atoms with Crippen molar-refractivity contribution in [3.63, 3.8) is 0 Å². The van der Waals surface area contributed by atoms with Gasteiger partial charge in [0.25, 0.3) is 0 Å². The SMILES string of the molecule is O=C1CCC(/C=[N+](\[O-])Nc2cc(Br)ccc2NC2CCC(F)(F)CC2)N1. The molecule has 26 heavy (non-hydrogen) atoms. The molecule has 3 rings (SSSR count). The number of alkyl halides is 2. The molecule has 0 aromatic heterocycles. The first-order valence-electron chi connectivity index (χ1n) is 8.62. The zero-order valence-corrected chi connectivity index (χ0v) is 15.7. The number of benzene rings is 1. The molecule has 9 heteroatoms. The summed E-state index contributed by atoms with van der Waals surface area (Å²) in [6.07, 6.45) is 2.86. The van der Waals surface area contributed by atoms with Gasteiger partial charge >= 0.3 is 0 Å². The molecule has 142 valence electrons. The van der Waals surface area contributed by atoms with Gasteiger partial charge in [-0.2, -0.15) is 5.43 Å². The Hall–Kier alpha value is -1.90. The zero-order chi connectivity index (χ0) is 18.7. The molecule has 1 heterocycles. The van der Waals surface area contributed by atoms with Crippen LogP contribution in [0.5, 0.6) is 0 Å². The summed E-state index contributed by atoms with van der Waals surface area (Å²) < 4.78 is 27.4. The van der Waals surface area contributed by atoms with Crippen molar-refractivity contribution in [3.8, 4) is 0 Å². The normalized spacial score (nSPS) is 23.6. The predicted molar refractivity (Wildman–Crippen MR) is 99.4 cm³/mol. The number of halogens is 3. The second-order valence-corrected chi connectivity index (χ2v) is 7.68. The second-order valence-electron chi connectivity index (χ2n) is 6.76. The average molecular weight is 431 g/mol. The molecule has 6 nitrogen and oxygen atoms in total. The van der Waals surface area contributed by atoms with E-state index in [0.717, 1.165) is 4.47 Å². The van der Waals surface area contributed by atoms with Gasteiger partial charge in [-0.1, -0.05) is 20.8 Å². The highest BCUT2D eigenvalue weighted by Crippen LogP contribution is 2.35. The first-order chi connectivity index (χ1) is 12.3. The molecule has 1 aliphatic carbocycles. The minimum absolute atomic E-state index is 0.0606. The third-order valence-corrected chi connectivity index (χ3v) is 5.13. The van der Waals surface area contributed by atoms with Gasteiger partial charge in [-0.05, 0) is 37.5 Å². The number of hydrazine groups is 1. The Kier molecular flexibility index (Phi) is 5.64. The van der Waals surface area contributed by atoms with E-state index < -0.39 is 5.92 Å². The highest BCUT2D eigenvalue weighted by molar-refractivity contribution is 9.10. The van der Waals surface area contributed by atoms with E-state index in [4.69, 9.17) is 0 Å². The van der Waals surface area contributed by atoms with Gasteiger partial charge in [0.1, 0.15) is 11.7 Å². The molecule has 2 fully saturated rings. The van der Waals surface area contributed by atoms with Crippen LogP contribution < -0.4 is 16.1 Å². The predicted octanol–water partition coefficient (Wildman–Crippen LogP) is 3.63. The minimum Gasteiger partial charge on any atom is -0.596 e. The van der Waals surface area contributed by atoms with Crippen molar-refractivity contribution in [2.75, 3.05) is 10.7 Å². The smallest absolute Gasteiger partial charge is 0.248 e. The molecular weight excluding hydrogens is 410 g/mol. The fourth-order valence-electron chi connectivity index (χ4n) is 3.21. The van der Waals surface area contributed by atoms with Crippen molar-refractivity contribution < 1.29 is 18.4 Å². The van der Waals surface area contributed by atoms with E-state index in [1.165, 1.54) is 6.21 Å². The van der Waals surface area contributed by atoms with Crippen LogP contribution in [0.15, 0.2) is 22.7 Å². The largest absolute Gasteiger partial charge is 0.596 e. The minimum atomic E-state index is -2.58. The summed E-state index contributed by atoms with van der Waals surface area (Å²) >= 11 is 3.37. The third-order valence-electron chi connectivity index (χ3n) is 4.63. The monoisotopic (exact) mass is 430 g/mol. The Morgan fingerprint density at radius 2 is 2.00 bits per heavy atom. The number of hydrazone groups is 1. The highest BCUT2D eigenvalue weighted by atomic mass is 79.9. The first kappa shape index (κ1) is 18.9. The van der Waals surface area contributed by atoms with Gasteiger partial charge in [0.05, 0.1) is 5.69 Å². The van der Waals surface area contributed by atoms with Crippen molar-refractivity contribution >= 4 is 39.4 Å². The number of nitrogens with one attached hydrogen (secondary N) is 3. The van der Waals surface area contributed by atoms with Crippen LogP contribution >= 0.6 is 15.9 Å². The number of hydrogen-bond donors (Lipinski definition) is 3. The number of rotatable bonds is 5. The second kappa shape index (κ2) is 7.77. The summed E-state index contributed by atoms with van der Waals surface area (Å²) in [6.45, 7) is 0. The Balaban J connectivity index is 1.68. The number of nitrogens with zero attached hydrogens (tertiary/aromatic N) is 1. The van der Waals surface area contributed by atoms with E-state index in [0.29, 0.717) is 41.9 Å². The molecule has 1 atom stereocenters. The maximum absolute atomic E-state index is 13.3. The average Bonchev–Trinajstić information content (AvgIpc) is 2.96. The van der Waals surface area contributed by atoms with E-state index in [9.17, 15) is 18.8 Å². The third kappa shape index (κ3) is 5.06. The molecule has 0 bridgehead atoms. The fraction of sp³-hybridized carbons (Fsp3) is 0.529. The number of anilines is 2. The lowest BCUT2D eigenvalue weighted by molar-refractivity contribution is -0.418. The molecule has 0 radical (unpaired) electrons. The number of carbonyl (C=O) groups is 1. The topological polar surface area (TPSA) is 79.2 Å². The lowest BCUT2D eigenvalue weighted by atomic mass is 9.92. The summed E-state index contributed by atoms with van der Waals surface area (Å²) in [5, 5.41) is 18.1. The van der Waals surface area contributed by atoms with E-state index in [1.807, 2.05) is 6.07 Å². The maximum atomic E-state index is 13.3. The quantitative estimate of drug-likeness (QED) is 0.288. The molecule has 3 N–H and O–H groups in total. The van der Waals surface area contributed by atoms with E-state index in [1.54, 1.807) is 12.1 Å². The molecule has 1 saturated carbocycles. The van der Waals surface area contributed by atoms with E-state index >= 15 is 0 Å². The molecule has 1 saturated heterocycles. The zero-order valence-electron chi connectivity index (χ0n) is 14.1. The Morgan fingerprint density at radius 1 is 1.27 bits per heavy atom. The van der Waals surface area contributed by atoms with Crippen LogP contribution in [-0.4, -0.2) is 35.0 Å². The summed E-state index contributed by atoms with van der Waals surface area (Å²) in [7, 11) is 0.